The van der Waals surface area contributed by atoms with Gasteiger partial charge in [-0.1, -0.05) is 6.07 Å². The summed E-state index contributed by atoms with van der Waals surface area (Å²) in [6.07, 6.45) is 0. The first-order chi connectivity index (χ1) is 12.3. The van der Waals surface area contributed by atoms with Crippen molar-refractivity contribution in [2.75, 3.05) is 13.7 Å². The quantitative estimate of drug-likeness (QED) is 0.769. The van der Waals surface area contributed by atoms with Crippen molar-refractivity contribution in [2.45, 2.75) is 13.0 Å². The molecule has 0 saturated carbocycles. The van der Waals surface area contributed by atoms with Gasteiger partial charge in [-0.05, 0) is 25.1 Å². The molecule has 0 aliphatic heterocycles. The van der Waals surface area contributed by atoms with Crippen molar-refractivity contribution < 1.29 is 33.0 Å². The molecule has 8 heteroatoms. The fourth-order valence-electron chi connectivity index (χ4n) is 2.23. The molecule has 0 heterocycles. The molecule has 2 N–H and O–H groups in total. The molecule has 0 fully saturated rings. The topological polar surface area (TPSA) is 84.9 Å². The van der Waals surface area contributed by atoms with Crippen LogP contribution in [-0.2, 0) is 9.53 Å². The summed E-state index contributed by atoms with van der Waals surface area (Å²) in [7, 11) is 1.40. The third kappa shape index (κ3) is 4.69. The van der Waals surface area contributed by atoms with Gasteiger partial charge in [0.15, 0.2) is 6.61 Å². The van der Waals surface area contributed by atoms with Crippen molar-refractivity contribution in [3.05, 3.63) is 59.2 Å². The summed E-state index contributed by atoms with van der Waals surface area (Å²) < 4.78 is 36.3. The molecule has 26 heavy (non-hydrogen) atoms. The maximum absolute atomic E-state index is 13.7. The highest BCUT2D eigenvalue weighted by atomic mass is 19.1. The lowest BCUT2D eigenvalue weighted by atomic mass is 10.1. The highest BCUT2D eigenvalue weighted by Crippen LogP contribution is 2.24. The molecule has 0 aromatic heterocycles. The van der Waals surface area contributed by atoms with Gasteiger partial charge in [0.25, 0.3) is 5.91 Å². The van der Waals surface area contributed by atoms with Gasteiger partial charge in [0, 0.05) is 17.7 Å². The van der Waals surface area contributed by atoms with Crippen LogP contribution in [0.3, 0.4) is 0 Å². The Labute approximate surface area is 148 Å². The number of hydrogen-bond acceptors (Lipinski definition) is 5. The lowest BCUT2D eigenvalue weighted by molar-refractivity contribution is -0.124. The summed E-state index contributed by atoms with van der Waals surface area (Å²) >= 11 is 0. The van der Waals surface area contributed by atoms with E-state index >= 15 is 0 Å². The van der Waals surface area contributed by atoms with E-state index in [1.807, 2.05) is 0 Å². The number of carbonyl (C=O) groups is 2. The number of benzene rings is 2. The van der Waals surface area contributed by atoms with E-state index in [0.29, 0.717) is 11.8 Å². The smallest absolute Gasteiger partial charge is 0.342 e. The summed E-state index contributed by atoms with van der Waals surface area (Å²) in [5.41, 5.74) is -0.0323. The monoisotopic (exact) mass is 365 g/mol. The lowest BCUT2D eigenvalue weighted by Crippen LogP contribution is -2.31. The van der Waals surface area contributed by atoms with Crippen LogP contribution in [0.4, 0.5) is 8.78 Å². The number of aromatic hydroxyl groups is 1. The number of amides is 1. The van der Waals surface area contributed by atoms with Crippen LogP contribution in [-0.4, -0.2) is 30.7 Å². The number of rotatable bonds is 6. The van der Waals surface area contributed by atoms with E-state index in [1.165, 1.54) is 38.3 Å². The summed E-state index contributed by atoms with van der Waals surface area (Å²) in [6, 6.07) is 6.24. The molecule has 0 unspecified atom stereocenters. The Hall–Kier alpha value is -3.16. The number of hydrogen-bond donors (Lipinski definition) is 2. The minimum absolute atomic E-state index is 0.0962. The zero-order chi connectivity index (χ0) is 19.3. The molecule has 2 aromatic carbocycles. The van der Waals surface area contributed by atoms with Crippen molar-refractivity contribution in [3.8, 4) is 11.5 Å². The number of nitrogens with one attached hydrogen (secondary N) is 1. The molecule has 0 spiro atoms. The second-order valence-electron chi connectivity index (χ2n) is 5.41. The zero-order valence-electron chi connectivity index (χ0n) is 14.1. The molecule has 1 atom stereocenters. The number of phenols is 1. The van der Waals surface area contributed by atoms with Crippen LogP contribution in [0.1, 0.15) is 28.9 Å². The minimum atomic E-state index is -0.902. The number of ether oxygens (including phenoxy) is 2. The Morgan fingerprint density at radius 3 is 2.54 bits per heavy atom. The molecule has 0 radical (unpaired) electrons. The predicted octanol–water partition coefficient (Wildman–Crippen LogP) is 2.71. The first-order valence-electron chi connectivity index (χ1n) is 7.60. The number of carbonyl (C=O) groups excluding carboxylic acids is 2. The Bertz CT molecular complexity index is 825. The molecular formula is C18H17F2NO5. The molecule has 0 aliphatic rings. The maximum Gasteiger partial charge on any atom is 0.342 e. The van der Waals surface area contributed by atoms with Crippen LogP contribution in [0, 0.1) is 11.6 Å². The first-order valence-corrected chi connectivity index (χ1v) is 7.60. The van der Waals surface area contributed by atoms with Gasteiger partial charge in [0.1, 0.15) is 28.7 Å². The van der Waals surface area contributed by atoms with Crippen LogP contribution in [0.25, 0.3) is 0 Å². The van der Waals surface area contributed by atoms with E-state index in [9.17, 15) is 23.5 Å². The number of phenolic OH excluding ortho intramolecular Hbond substituents is 1. The van der Waals surface area contributed by atoms with E-state index in [4.69, 9.17) is 9.47 Å². The summed E-state index contributed by atoms with van der Waals surface area (Å²) in [4.78, 5) is 23.8. The molecule has 138 valence electrons. The molecule has 0 saturated heterocycles. The fourth-order valence-corrected chi connectivity index (χ4v) is 2.23. The van der Waals surface area contributed by atoms with E-state index in [2.05, 4.69) is 5.32 Å². The zero-order valence-corrected chi connectivity index (χ0v) is 14.1. The van der Waals surface area contributed by atoms with E-state index in [0.717, 1.165) is 6.07 Å². The molecule has 0 aliphatic carbocycles. The van der Waals surface area contributed by atoms with Gasteiger partial charge in [-0.2, -0.15) is 0 Å². The predicted molar refractivity (Wildman–Crippen MR) is 87.9 cm³/mol. The standard InChI is InChI=1S/C18H17F2NO5/c1-10(13-5-3-11(19)7-15(13)20)21-17(23)9-26-18(24)14-6-4-12(25-2)8-16(14)22/h3-8,10,22H,9H2,1-2H3,(H,21,23)/t10-/m0/s1. The molecular weight excluding hydrogens is 348 g/mol. The Morgan fingerprint density at radius 2 is 1.92 bits per heavy atom. The Kier molecular flexibility index (Phi) is 6.11. The van der Waals surface area contributed by atoms with Crippen LogP contribution in [0.2, 0.25) is 0 Å². The molecule has 0 bridgehead atoms. The van der Waals surface area contributed by atoms with Gasteiger partial charge < -0.3 is 19.9 Å². The van der Waals surface area contributed by atoms with Crippen molar-refractivity contribution in [1.82, 2.24) is 5.32 Å². The first kappa shape index (κ1) is 19.2. The Balaban J connectivity index is 1.92. The SMILES string of the molecule is COc1ccc(C(=O)OCC(=O)N[C@@H](C)c2ccc(F)cc2F)c(O)c1. The average molecular weight is 365 g/mol. The van der Waals surface area contributed by atoms with E-state index < -0.39 is 36.2 Å². The lowest BCUT2D eigenvalue weighted by Gasteiger charge is -2.15. The summed E-state index contributed by atoms with van der Waals surface area (Å²) in [6.45, 7) is 0.878. The van der Waals surface area contributed by atoms with E-state index in [1.54, 1.807) is 0 Å². The number of methoxy groups -OCH3 is 1. The third-order valence-electron chi connectivity index (χ3n) is 3.57. The van der Waals surface area contributed by atoms with Gasteiger partial charge in [-0.15, -0.1) is 0 Å². The second-order valence-corrected chi connectivity index (χ2v) is 5.41. The maximum atomic E-state index is 13.7. The number of esters is 1. The van der Waals surface area contributed by atoms with Crippen molar-refractivity contribution >= 4 is 11.9 Å². The highest BCUT2D eigenvalue weighted by Gasteiger charge is 2.18. The van der Waals surface area contributed by atoms with Crippen LogP contribution < -0.4 is 10.1 Å². The van der Waals surface area contributed by atoms with Crippen molar-refractivity contribution in [3.63, 3.8) is 0 Å². The van der Waals surface area contributed by atoms with Crippen molar-refractivity contribution in [2.24, 2.45) is 0 Å². The number of halogens is 2. The van der Waals surface area contributed by atoms with Gasteiger partial charge in [-0.3, -0.25) is 4.79 Å². The summed E-state index contributed by atoms with van der Waals surface area (Å²) in [5.74, 6) is -3.09. The second kappa shape index (κ2) is 8.28. The summed E-state index contributed by atoms with van der Waals surface area (Å²) in [5, 5.41) is 12.2. The van der Waals surface area contributed by atoms with Gasteiger partial charge in [0.2, 0.25) is 0 Å². The van der Waals surface area contributed by atoms with Crippen LogP contribution in [0.5, 0.6) is 11.5 Å². The van der Waals surface area contributed by atoms with Crippen LogP contribution >= 0.6 is 0 Å². The van der Waals surface area contributed by atoms with Gasteiger partial charge >= 0.3 is 5.97 Å². The van der Waals surface area contributed by atoms with Crippen LogP contribution in [0.15, 0.2) is 36.4 Å². The molecule has 6 nitrogen and oxygen atoms in total. The Morgan fingerprint density at radius 1 is 1.19 bits per heavy atom. The van der Waals surface area contributed by atoms with E-state index in [-0.39, 0.29) is 16.9 Å². The van der Waals surface area contributed by atoms with Gasteiger partial charge in [-0.25, -0.2) is 13.6 Å². The molecule has 1 amide bonds. The van der Waals surface area contributed by atoms with Gasteiger partial charge in [0.05, 0.1) is 13.2 Å². The fraction of sp³-hybridized carbons (Fsp3) is 0.222. The normalized spacial score (nSPS) is 11.5. The largest absolute Gasteiger partial charge is 0.507 e. The highest BCUT2D eigenvalue weighted by molar-refractivity contribution is 5.94. The average Bonchev–Trinajstić information content (AvgIpc) is 2.59. The molecule has 2 aromatic rings. The molecule has 2 rings (SSSR count). The third-order valence-corrected chi connectivity index (χ3v) is 3.57. The van der Waals surface area contributed by atoms with Crippen molar-refractivity contribution in [1.29, 1.82) is 0 Å². The minimum Gasteiger partial charge on any atom is -0.507 e.